The molecular weight excluding hydrogens is 598 g/mol. The molecule has 1 aliphatic rings. The molecule has 0 saturated carbocycles. The van der Waals surface area contributed by atoms with E-state index in [2.05, 4.69) is 17.6 Å². The number of carbonyl (C=O) groups is 4. The van der Waals surface area contributed by atoms with Crippen LogP contribution in [0.1, 0.15) is 47.7 Å². The minimum absolute atomic E-state index is 0.0882. The Balaban J connectivity index is 1.24. The van der Waals surface area contributed by atoms with Gasteiger partial charge in [-0.2, -0.15) is 0 Å². The molecule has 1 atom stereocenters. The van der Waals surface area contributed by atoms with Gasteiger partial charge < -0.3 is 15.4 Å². The van der Waals surface area contributed by atoms with Gasteiger partial charge in [0.15, 0.2) is 0 Å². The Morgan fingerprint density at radius 1 is 0.913 bits per heavy atom. The van der Waals surface area contributed by atoms with Gasteiger partial charge in [0, 0.05) is 22.6 Å². The van der Waals surface area contributed by atoms with E-state index in [0.29, 0.717) is 29.3 Å². The van der Waals surface area contributed by atoms with E-state index < -0.39 is 17.1 Å². The number of hydrogen-bond acceptors (Lipinski definition) is 6. The zero-order valence-corrected chi connectivity index (χ0v) is 26.5. The largest absolute Gasteiger partial charge is 0.494 e. The van der Waals surface area contributed by atoms with Crippen LogP contribution in [0.3, 0.4) is 0 Å². The van der Waals surface area contributed by atoms with Crippen molar-refractivity contribution >= 4 is 52.8 Å². The van der Waals surface area contributed by atoms with Crippen molar-refractivity contribution in [2.75, 3.05) is 16.8 Å². The van der Waals surface area contributed by atoms with Gasteiger partial charge in [-0.05, 0) is 91.2 Å². The van der Waals surface area contributed by atoms with Gasteiger partial charge in [-0.25, -0.2) is 4.90 Å². The Bertz CT molecular complexity index is 1740. The molecule has 46 heavy (non-hydrogen) atoms. The lowest BCUT2D eigenvalue weighted by Crippen LogP contribution is -2.31. The average Bonchev–Trinajstić information content (AvgIpc) is 3.35. The highest BCUT2D eigenvalue weighted by molar-refractivity contribution is 8.00. The smallest absolute Gasteiger partial charge is 0.272 e. The summed E-state index contributed by atoms with van der Waals surface area (Å²) in [5.74, 6) is -0.708. The molecule has 1 aliphatic heterocycles. The van der Waals surface area contributed by atoms with Crippen molar-refractivity contribution in [3.05, 3.63) is 126 Å². The monoisotopic (exact) mass is 633 g/mol. The zero-order valence-electron chi connectivity index (χ0n) is 25.7. The number of imide groups is 1. The Morgan fingerprint density at radius 3 is 2.30 bits per heavy atom. The number of benzene rings is 4. The summed E-state index contributed by atoms with van der Waals surface area (Å²) < 4.78 is 5.69. The lowest BCUT2D eigenvalue weighted by Gasteiger charge is -2.16. The fraction of sp³-hybridized carbons (Fsp3) is 0.189. The first-order valence-electron chi connectivity index (χ1n) is 15.1. The molecule has 234 valence electrons. The fourth-order valence-electron chi connectivity index (χ4n) is 4.82. The predicted molar refractivity (Wildman–Crippen MR) is 182 cm³/mol. The van der Waals surface area contributed by atoms with Crippen molar-refractivity contribution in [3.63, 3.8) is 0 Å². The van der Waals surface area contributed by atoms with Gasteiger partial charge in [0.1, 0.15) is 11.4 Å². The van der Waals surface area contributed by atoms with Crippen LogP contribution in [-0.4, -0.2) is 35.5 Å². The molecule has 1 unspecified atom stereocenters. The zero-order chi connectivity index (χ0) is 32.5. The molecule has 9 heteroatoms. The molecule has 0 radical (unpaired) electrons. The summed E-state index contributed by atoms with van der Waals surface area (Å²) in [4.78, 5) is 54.4. The molecule has 4 aromatic carbocycles. The third-order valence-corrected chi connectivity index (χ3v) is 8.57. The highest BCUT2D eigenvalue weighted by atomic mass is 32.2. The molecule has 0 bridgehead atoms. The van der Waals surface area contributed by atoms with Gasteiger partial charge in [0.2, 0.25) is 11.8 Å². The van der Waals surface area contributed by atoms with Gasteiger partial charge in [-0.1, -0.05) is 55.8 Å². The normalized spacial score (nSPS) is 14.7. The molecule has 1 saturated heterocycles. The molecule has 0 aliphatic carbocycles. The summed E-state index contributed by atoms with van der Waals surface area (Å²) in [6.45, 7) is 4.64. The van der Waals surface area contributed by atoms with Gasteiger partial charge in [-0.3, -0.25) is 19.2 Å². The fourth-order valence-corrected chi connectivity index (χ4v) is 5.87. The van der Waals surface area contributed by atoms with Crippen molar-refractivity contribution in [2.45, 2.75) is 43.3 Å². The van der Waals surface area contributed by atoms with Crippen molar-refractivity contribution in [3.8, 4) is 5.75 Å². The van der Waals surface area contributed by atoms with Crippen molar-refractivity contribution in [1.82, 2.24) is 5.32 Å². The molecule has 0 aromatic heterocycles. The summed E-state index contributed by atoms with van der Waals surface area (Å²) in [5, 5.41) is 5.04. The van der Waals surface area contributed by atoms with Crippen LogP contribution < -0.4 is 20.3 Å². The number of aryl methyl sites for hydroxylation is 1. The summed E-state index contributed by atoms with van der Waals surface area (Å²) in [6.07, 6.45) is 3.73. The quantitative estimate of drug-likeness (QED) is 0.0989. The van der Waals surface area contributed by atoms with Gasteiger partial charge >= 0.3 is 0 Å². The van der Waals surface area contributed by atoms with E-state index in [0.717, 1.165) is 28.9 Å². The van der Waals surface area contributed by atoms with E-state index in [4.69, 9.17) is 4.74 Å². The van der Waals surface area contributed by atoms with Crippen LogP contribution >= 0.6 is 11.8 Å². The minimum atomic E-state index is -0.565. The lowest BCUT2D eigenvalue weighted by molar-refractivity contribution is -0.121. The van der Waals surface area contributed by atoms with Crippen LogP contribution in [0, 0.1) is 6.92 Å². The average molecular weight is 634 g/mol. The van der Waals surface area contributed by atoms with Crippen molar-refractivity contribution < 1.29 is 23.9 Å². The molecule has 8 nitrogen and oxygen atoms in total. The predicted octanol–water partition coefficient (Wildman–Crippen LogP) is 7.01. The third-order valence-electron chi connectivity index (χ3n) is 7.37. The number of nitrogens with one attached hydrogen (secondary N) is 2. The lowest BCUT2D eigenvalue weighted by atomic mass is 10.1. The summed E-state index contributed by atoms with van der Waals surface area (Å²) >= 11 is 1.30. The number of anilines is 2. The molecule has 4 aromatic rings. The number of thioether (sulfide) groups is 1. The van der Waals surface area contributed by atoms with Gasteiger partial charge in [0.05, 0.1) is 17.5 Å². The van der Waals surface area contributed by atoms with Crippen LogP contribution in [-0.2, 0) is 14.4 Å². The Morgan fingerprint density at radius 2 is 1.61 bits per heavy atom. The second-order valence-corrected chi connectivity index (χ2v) is 12.1. The molecular formula is C37H35N3O5S. The number of ether oxygens (including phenoxy) is 1. The Hall–Kier alpha value is -5.15. The number of carbonyl (C=O) groups excluding carboxylic acids is 4. The number of unbranched alkanes of at least 4 members (excludes halogenated alkanes) is 1. The van der Waals surface area contributed by atoms with Crippen LogP contribution in [0.5, 0.6) is 5.75 Å². The van der Waals surface area contributed by atoms with Crippen LogP contribution in [0.4, 0.5) is 11.4 Å². The number of nitrogens with zero attached hydrogens (tertiary/aromatic N) is 1. The molecule has 1 heterocycles. The van der Waals surface area contributed by atoms with Crippen molar-refractivity contribution in [2.24, 2.45) is 0 Å². The maximum absolute atomic E-state index is 13.4. The molecule has 5 rings (SSSR count). The van der Waals surface area contributed by atoms with E-state index in [1.807, 2.05) is 37.3 Å². The van der Waals surface area contributed by atoms with E-state index in [1.54, 1.807) is 78.9 Å². The second kappa shape index (κ2) is 15.2. The number of rotatable bonds is 12. The Labute approximate surface area is 272 Å². The van der Waals surface area contributed by atoms with Crippen LogP contribution in [0.2, 0.25) is 0 Å². The first-order valence-corrected chi connectivity index (χ1v) is 16.0. The van der Waals surface area contributed by atoms with Crippen molar-refractivity contribution in [1.29, 1.82) is 0 Å². The van der Waals surface area contributed by atoms with Crippen LogP contribution in [0.15, 0.2) is 114 Å². The molecule has 4 amide bonds. The maximum Gasteiger partial charge on any atom is 0.272 e. The summed E-state index contributed by atoms with van der Waals surface area (Å²) in [7, 11) is 0. The van der Waals surface area contributed by atoms with E-state index in [9.17, 15) is 19.2 Å². The third kappa shape index (κ3) is 8.11. The maximum atomic E-state index is 13.4. The molecule has 0 spiro atoms. The van der Waals surface area contributed by atoms with E-state index in [1.165, 1.54) is 16.7 Å². The second-order valence-electron chi connectivity index (χ2n) is 10.8. The summed E-state index contributed by atoms with van der Waals surface area (Å²) in [5.41, 5.74) is 3.31. The molecule has 1 fully saturated rings. The molecule has 2 N–H and O–H groups in total. The number of hydrogen-bond donors (Lipinski definition) is 2. The standard InChI is InChI=1S/C37H35N3O5S/c1-3-4-22-45-30-18-16-29(17-19-30)40-34(41)24-33(37(40)44)46-31-20-14-28(15-21-31)38-36(43)32(23-27-13-9-8-10-25(27)2)39-35(42)26-11-6-5-7-12-26/h5-21,23,33H,3-4,22,24H2,1-2H3,(H,38,43)(H,39,42)/b32-23-. The highest BCUT2D eigenvalue weighted by Gasteiger charge is 2.40. The summed E-state index contributed by atoms with van der Waals surface area (Å²) in [6, 6.07) is 30.3. The highest BCUT2D eigenvalue weighted by Crippen LogP contribution is 2.35. The van der Waals surface area contributed by atoms with E-state index >= 15 is 0 Å². The first kappa shape index (κ1) is 32.2. The van der Waals surface area contributed by atoms with Gasteiger partial charge in [-0.15, -0.1) is 11.8 Å². The van der Waals surface area contributed by atoms with E-state index in [-0.39, 0.29) is 23.9 Å². The SMILES string of the molecule is CCCCOc1ccc(N2C(=O)CC(Sc3ccc(NC(=O)/C(=C/c4ccccc4C)NC(=O)c4ccccc4)cc3)C2=O)cc1. The Kier molecular flexibility index (Phi) is 10.7. The van der Waals surface area contributed by atoms with Gasteiger partial charge in [0.25, 0.3) is 11.8 Å². The van der Waals surface area contributed by atoms with Crippen LogP contribution in [0.25, 0.3) is 6.08 Å². The minimum Gasteiger partial charge on any atom is -0.494 e. The first-order chi connectivity index (χ1) is 22.3. The topological polar surface area (TPSA) is 105 Å². The number of amides is 4.